The van der Waals surface area contributed by atoms with Gasteiger partial charge < -0.3 is 0 Å². The minimum Gasteiger partial charge on any atom is -0.292 e. The molecular formula is C12H21N. The van der Waals surface area contributed by atoms with Crippen LogP contribution in [0.25, 0.3) is 0 Å². The van der Waals surface area contributed by atoms with Gasteiger partial charge in [-0.15, -0.1) is 0 Å². The van der Waals surface area contributed by atoms with Crippen molar-refractivity contribution in [1.29, 1.82) is 0 Å². The van der Waals surface area contributed by atoms with Gasteiger partial charge in [0.2, 0.25) is 0 Å². The minimum atomic E-state index is 0.158. The van der Waals surface area contributed by atoms with E-state index < -0.39 is 0 Å². The summed E-state index contributed by atoms with van der Waals surface area (Å²) in [5.74, 6) is 7.41. The van der Waals surface area contributed by atoms with Gasteiger partial charge in [-0.3, -0.25) is 4.90 Å². The third-order valence-electron chi connectivity index (χ3n) is 2.27. The molecule has 0 aromatic heterocycles. The first-order chi connectivity index (χ1) is 5.97. The molecule has 1 fully saturated rings. The van der Waals surface area contributed by atoms with Crippen molar-refractivity contribution in [3.63, 3.8) is 0 Å². The molecule has 0 aromatic carbocycles. The fourth-order valence-corrected chi connectivity index (χ4v) is 1.59. The zero-order valence-corrected chi connectivity index (χ0v) is 9.35. The van der Waals surface area contributed by atoms with Crippen molar-refractivity contribution < 1.29 is 0 Å². The number of hydrogen-bond acceptors (Lipinski definition) is 1. The van der Waals surface area contributed by atoms with E-state index in [9.17, 15) is 0 Å². The van der Waals surface area contributed by atoms with Gasteiger partial charge in [0, 0.05) is 12.0 Å². The molecule has 0 unspecified atom stereocenters. The lowest BCUT2D eigenvalue weighted by molar-refractivity contribution is 0.369. The Morgan fingerprint density at radius 1 is 1.38 bits per heavy atom. The second kappa shape index (κ2) is 4.15. The van der Waals surface area contributed by atoms with Crippen molar-refractivity contribution in [2.45, 2.75) is 34.1 Å². The lowest BCUT2D eigenvalue weighted by atomic mass is 9.98. The molecule has 0 N–H and O–H groups in total. The molecule has 1 aliphatic rings. The van der Waals surface area contributed by atoms with Gasteiger partial charge >= 0.3 is 0 Å². The van der Waals surface area contributed by atoms with Crippen LogP contribution in [0.5, 0.6) is 0 Å². The molecule has 1 atom stereocenters. The summed E-state index contributed by atoms with van der Waals surface area (Å²) in [6, 6.07) is 0. The van der Waals surface area contributed by atoms with Crippen molar-refractivity contribution in [3.05, 3.63) is 0 Å². The van der Waals surface area contributed by atoms with Crippen LogP contribution in [0.4, 0.5) is 0 Å². The summed E-state index contributed by atoms with van der Waals surface area (Å²) in [6.07, 6.45) is 1.34. The maximum Gasteiger partial charge on any atom is 0.0601 e. The summed E-state index contributed by atoms with van der Waals surface area (Å²) in [7, 11) is 0. The van der Waals surface area contributed by atoms with Crippen molar-refractivity contribution in [2.75, 3.05) is 19.6 Å². The largest absolute Gasteiger partial charge is 0.292 e. The van der Waals surface area contributed by atoms with Crippen LogP contribution in [-0.2, 0) is 0 Å². The fourth-order valence-electron chi connectivity index (χ4n) is 1.59. The summed E-state index contributed by atoms with van der Waals surface area (Å²) in [5.41, 5.74) is 0.158. The molecule has 0 radical (unpaired) electrons. The van der Waals surface area contributed by atoms with Crippen LogP contribution in [0.3, 0.4) is 0 Å². The molecule has 1 saturated heterocycles. The van der Waals surface area contributed by atoms with Crippen molar-refractivity contribution in [3.8, 4) is 11.8 Å². The van der Waals surface area contributed by atoms with Gasteiger partial charge in [-0.05, 0) is 39.7 Å². The van der Waals surface area contributed by atoms with Crippen molar-refractivity contribution in [1.82, 2.24) is 4.90 Å². The van der Waals surface area contributed by atoms with E-state index in [-0.39, 0.29) is 5.41 Å². The van der Waals surface area contributed by atoms with E-state index in [2.05, 4.69) is 44.4 Å². The molecular weight excluding hydrogens is 158 g/mol. The molecule has 0 amide bonds. The Morgan fingerprint density at radius 2 is 2.08 bits per heavy atom. The first-order valence-electron chi connectivity index (χ1n) is 5.20. The number of nitrogens with zero attached hydrogens (tertiary/aromatic N) is 1. The van der Waals surface area contributed by atoms with E-state index in [1.807, 2.05) is 0 Å². The van der Waals surface area contributed by atoms with Gasteiger partial charge in [-0.25, -0.2) is 0 Å². The highest BCUT2D eigenvalue weighted by atomic mass is 15.1. The zero-order valence-electron chi connectivity index (χ0n) is 9.35. The van der Waals surface area contributed by atoms with Crippen LogP contribution >= 0.6 is 0 Å². The van der Waals surface area contributed by atoms with Crippen molar-refractivity contribution in [2.24, 2.45) is 11.3 Å². The molecule has 0 bridgehead atoms. The zero-order chi connectivity index (χ0) is 9.90. The van der Waals surface area contributed by atoms with Crippen LogP contribution in [-0.4, -0.2) is 24.5 Å². The van der Waals surface area contributed by atoms with E-state index in [1.54, 1.807) is 0 Å². The third kappa shape index (κ3) is 4.33. The van der Waals surface area contributed by atoms with E-state index >= 15 is 0 Å². The predicted molar refractivity (Wildman–Crippen MR) is 57.5 cm³/mol. The number of likely N-dealkylation sites (tertiary alicyclic amines) is 1. The van der Waals surface area contributed by atoms with Gasteiger partial charge in [0.1, 0.15) is 0 Å². The van der Waals surface area contributed by atoms with Crippen LogP contribution < -0.4 is 0 Å². The first-order valence-corrected chi connectivity index (χ1v) is 5.20. The number of rotatable bonds is 1. The van der Waals surface area contributed by atoms with E-state index in [1.165, 1.54) is 19.5 Å². The van der Waals surface area contributed by atoms with Gasteiger partial charge in [0.15, 0.2) is 0 Å². The maximum atomic E-state index is 3.27. The van der Waals surface area contributed by atoms with Crippen LogP contribution in [0.1, 0.15) is 34.1 Å². The van der Waals surface area contributed by atoms with Crippen LogP contribution in [0.15, 0.2) is 0 Å². The first kappa shape index (κ1) is 10.6. The monoisotopic (exact) mass is 179 g/mol. The normalized spacial score (nSPS) is 24.2. The van der Waals surface area contributed by atoms with Gasteiger partial charge in [0.05, 0.1) is 6.54 Å². The lowest BCUT2D eigenvalue weighted by Gasteiger charge is -2.11. The Hall–Kier alpha value is -0.480. The SMILES string of the molecule is C[C@H]1CCN(CC#CC(C)(C)C)C1. The highest BCUT2D eigenvalue weighted by molar-refractivity contribution is 5.08. The number of hydrogen-bond donors (Lipinski definition) is 0. The molecule has 13 heavy (non-hydrogen) atoms. The Labute approximate surface area is 82.5 Å². The minimum absolute atomic E-state index is 0.158. The molecule has 74 valence electrons. The summed E-state index contributed by atoms with van der Waals surface area (Å²) in [6.45, 7) is 12.2. The average molecular weight is 179 g/mol. The van der Waals surface area contributed by atoms with Gasteiger partial charge in [0.25, 0.3) is 0 Å². The molecule has 0 aliphatic carbocycles. The summed E-state index contributed by atoms with van der Waals surface area (Å²) >= 11 is 0. The van der Waals surface area contributed by atoms with E-state index in [0.29, 0.717) is 0 Å². The Kier molecular flexibility index (Phi) is 3.39. The molecule has 0 spiro atoms. The molecule has 1 heterocycles. The fraction of sp³-hybridized carbons (Fsp3) is 0.833. The van der Waals surface area contributed by atoms with Crippen LogP contribution in [0, 0.1) is 23.2 Å². The standard InChI is InChI=1S/C12H21N/c1-11-6-9-13(10-11)8-5-7-12(2,3)4/h11H,6,8-10H2,1-4H3/t11-/m0/s1. The quantitative estimate of drug-likeness (QED) is 0.559. The summed E-state index contributed by atoms with van der Waals surface area (Å²) < 4.78 is 0. The topological polar surface area (TPSA) is 3.24 Å². The molecule has 1 nitrogen and oxygen atoms in total. The smallest absolute Gasteiger partial charge is 0.0601 e. The molecule has 0 saturated carbocycles. The molecule has 1 aliphatic heterocycles. The Bertz CT molecular complexity index is 214. The molecule has 1 rings (SSSR count). The second-order valence-electron chi connectivity index (χ2n) is 5.18. The predicted octanol–water partition coefficient (Wildman–Crippen LogP) is 2.38. The lowest BCUT2D eigenvalue weighted by Crippen LogP contribution is -2.20. The highest BCUT2D eigenvalue weighted by Crippen LogP contribution is 2.14. The van der Waals surface area contributed by atoms with Crippen LogP contribution in [0.2, 0.25) is 0 Å². The summed E-state index contributed by atoms with van der Waals surface area (Å²) in [5, 5.41) is 0. The van der Waals surface area contributed by atoms with Gasteiger partial charge in [-0.1, -0.05) is 18.8 Å². The third-order valence-corrected chi connectivity index (χ3v) is 2.27. The Balaban J connectivity index is 2.29. The second-order valence-corrected chi connectivity index (χ2v) is 5.18. The Morgan fingerprint density at radius 3 is 2.54 bits per heavy atom. The van der Waals surface area contributed by atoms with Gasteiger partial charge in [-0.2, -0.15) is 0 Å². The summed E-state index contributed by atoms with van der Waals surface area (Å²) in [4.78, 5) is 2.45. The molecule has 1 heteroatoms. The highest BCUT2D eigenvalue weighted by Gasteiger charge is 2.16. The molecule has 0 aromatic rings. The van der Waals surface area contributed by atoms with E-state index in [4.69, 9.17) is 0 Å². The van der Waals surface area contributed by atoms with Crippen molar-refractivity contribution >= 4 is 0 Å². The maximum absolute atomic E-state index is 3.27. The van der Waals surface area contributed by atoms with E-state index in [0.717, 1.165) is 12.5 Å². The average Bonchev–Trinajstić information content (AvgIpc) is 2.33.